The van der Waals surface area contributed by atoms with E-state index in [-0.39, 0.29) is 0 Å². The molecule has 2 aromatic rings. The molecule has 0 atom stereocenters. The highest BCUT2D eigenvalue weighted by atomic mass is 16.1. The summed E-state index contributed by atoms with van der Waals surface area (Å²) >= 11 is 0. The van der Waals surface area contributed by atoms with Crippen molar-refractivity contribution < 1.29 is 4.79 Å². The first-order chi connectivity index (χ1) is 7.36. The summed E-state index contributed by atoms with van der Waals surface area (Å²) in [4.78, 5) is 15.0. The summed E-state index contributed by atoms with van der Waals surface area (Å²) in [5, 5.41) is 0. The van der Waals surface area contributed by atoms with Crippen LogP contribution in [0.3, 0.4) is 0 Å². The van der Waals surface area contributed by atoms with Crippen LogP contribution in [0, 0.1) is 0 Å². The van der Waals surface area contributed by atoms with E-state index in [1.807, 2.05) is 35.9 Å². The Bertz CT molecular complexity index is 460. The van der Waals surface area contributed by atoms with Gasteiger partial charge >= 0.3 is 0 Å². The standard InChI is InChI=1S/C12H12N2O/c1-2-14-8-5-11(12(14)9-15)10-3-6-13-7-4-10/h3-9H,2H2,1H3. The molecule has 76 valence electrons. The van der Waals surface area contributed by atoms with Crippen LogP contribution >= 0.6 is 0 Å². The van der Waals surface area contributed by atoms with Crippen molar-refractivity contribution in [2.24, 2.45) is 0 Å². The first-order valence-corrected chi connectivity index (χ1v) is 4.91. The third-order valence-corrected chi connectivity index (χ3v) is 2.45. The van der Waals surface area contributed by atoms with Gasteiger partial charge in [0.05, 0.1) is 5.69 Å². The molecule has 0 aromatic carbocycles. The van der Waals surface area contributed by atoms with Crippen LogP contribution in [0.4, 0.5) is 0 Å². The van der Waals surface area contributed by atoms with Crippen LogP contribution in [0.15, 0.2) is 36.8 Å². The number of pyridine rings is 1. The predicted octanol–water partition coefficient (Wildman–Crippen LogP) is 2.38. The number of aldehydes is 1. The maximum atomic E-state index is 11.0. The average molecular weight is 200 g/mol. The van der Waals surface area contributed by atoms with Crippen molar-refractivity contribution in [2.45, 2.75) is 13.5 Å². The third-order valence-electron chi connectivity index (χ3n) is 2.45. The highest BCUT2D eigenvalue weighted by molar-refractivity contribution is 5.85. The van der Waals surface area contributed by atoms with Gasteiger partial charge in [-0.3, -0.25) is 9.78 Å². The minimum Gasteiger partial charge on any atom is -0.345 e. The zero-order chi connectivity index (χ0) is 10.7. The molecule has 0 aliphatic carbocycles. The zero-order valence-electron chi connectivity index (χ0n) is 8.55. The van der Waals surface area contributed by atoms with Crippen molar-refractivity contribution in [1.29, 1.82) is 0 Å². The normalized spacial score (nSPS) is 10.2. The molecule has 2 aromatic heterocycles. The minimum absolute atomic E-state index is 0.726. The first kappa shape index (κ1) is 9.65. The molecule has 0 spiro atoms. The van der Waals surface area contributed by atoms with E-state index in [0.29, 0.717) is 0 Å². The molecular formula is C12H12N2O. The largest absolute Gasteiger partial charge is 0.345 e. The quantitative estimate of drug-likeness (QED) is 0.713. The van der Waals surface area contributed by atoms with E-state index in [0.717, 1.165) is 29.7 Å². The second kappa shape index (κ2) is 4.09. The Labute approximate surface area is 88.4 Å². The fourth-order valence-corrected chi connectivity index (χ4v) is 1.67. The average Bonchev–Trinajstić information content (AvgIpc) is 2.72. The van der Waals surface area contributed by atoms with E-state index in [1.165, 1.54) is 0 Å². The van der Waals surface area contributed by atoms with Gasteiger partial charge in [-0.25, -0.2) is 0 Å². The summed E-state index contributed by atoms with van der Waals surface area (Å²) in [5.41, 5.74) is 2.72. The molecule has 3 nitrogen and oxygen atoms in total. The van der Waals surface area contributed by atoms with Crippen LogP contribution in [-0.2, 0) is 6.54 Å². The maximum Gasteiger partial charge on any atom is 0.167 e. The van der Waals surface area contributed by atoms with Crippen molar-refractivity contribution >= 4 is 6.29 Å². The Balaban J connectivity index is 2.54. The van der Waals surface area contributed by atoms with Crippen LogP contribution in [0.5, 0.6) is 0 Å². The highest BCUT2D eigenvalue weighted by Crippen LogP contribution is 2.22. The second-order valence-electron chi connectivity index (χ2n) is 3.25. The Kier molecular flexibility index (Phi) is 2.63. The molecule has 2 rings (SSSR count). The van der Waals surface area contributed by atoms with Gasteiger partial charge in [0, 0.05) is 30.7 Å². The molecule has 2 heterocycles. The number of rotatable bonds is 3. The van der Waals surface area contributed by atoms with Gasteiger partial charge in [-0.1, -0.05) is 0 Å². The van der Waals surface area contributed by atoms with Crippen molar-refractivity contribution in [3.05, 3.63) is 42.5 Å². The van der Waals surface area contributed by atoms with E-state index < -0.39 is 0 Å². The summed E-state index contributed by atoms with van der Waals surface area (Å²) in [6.07, 6.45) is 6.29. The number of carbonyl (C=O) groups excluding carboxylic acids is 1. The number of hydrogen-bond donors (Lipinski definition) is 0. The molecule has 0 fully saturated rings. The van der Waals surface area contributed by atoms with E-state index in [2.05, 4.69) is 4.98 Å². The van der Waals surface area contributed by atoms with Gasteiger partial charge in [-0.05, 0) is 30.7 Å². The molecule has 0 aliphatic heterocycles. The number of hydrogen-bond acceptors (Lipinski definition) is 2. The summed E-state index contributed by atoms with van der Waals surface area (Å²) in [6, 6.07) is 5.77. The van der Waals surface area contributed by atoms with Gasteiger partial charge in [-0.2, -0.15) is 0 Å². The Morgan fingerprint density at radius 1 is 1.33 bits per heavy atom. The molecule has 0 radical (unpaired) electrons. The lowest BCUT2D eigenvalue weighted by Gasteiger charge is -2.02. The fourth-order valence-electron chi connectivity index (χ4n) is 1.67. The molecule has 0 saturated carbocycles. The van der Waals surface area contributed by atoms with Gasteiger partial charge < -0.3 is 4.57 Å². The Morgan fingerprint density at radius 3 is 2.67 bits per heavy atom. The van der Waals surface area contributed by atoms with Gasteiger partial charge in [0.2, 0.25) is 0 Å². The second-order valence-corrected chi connectivity index (χ2v) is 3.25. The Hall–Kier alpha value is -1.90. The van der Waals surface area contributed by atoms with Gasteiger partial charge in [-0.15, -0.1) is 0 Å². The number of nitrogens with zero attached hydrogens (tertiary/aromatic N) is 2. The van der Waals surface area contributed by atoms with Crippen LogP contribution in [0.1, 0.15) is 17.4 Å². The van der Waals surface area contributed by atoms with Crippen molar-refractivity contribution in [2.75, 3.05) is 0 Å². The van der Waals surface area contributed by atoms with Gasteiger partial charge in [0.1, 0.15) is 0 Å². The lowest BCUT2D eigenvalue weighted by Crippen LogP contribution is -1.98. The van der Waals surface area contributed by atoms with Crippen molar-refractivity contribution in [3.8, 4) is 11.1 Å². The summed E-state index contributed by atoms with van der Waals surface area (Å²) < 4.78 is 1.93. The lowest BCUT2D eigenvalue weighted by molar-refractivity contribution is 0.111. The maximum absolute atomic E-state index is 11.0. The SMILES string of the molecule is CCn1ccc(-c2ccncc2)c1C=O. The molecule has 0 saturated heterocycles. The van der Waals surface area contributed by atoms with Gasteiger partial charge in [0.25, 0.3) is 0 Å². The monoisotopic (exact) mass is 200 g/mol. The van der Waals surface area contributed by atoms with Crippen molar-refractivity contribution in [3.63, 3.8) is 0 Å². The molecule has 15 heavy (non-hydrogen) atoms. The molecule has 3 heteroatoms. The molecule has 0 amide bonds. The van der Waals surface area contributed by atoms with Crippen LogP contribution in [-0.4, -0.2) is 15.8 Å². The molecule has 0 N–H and O–H groups in total. The number of aryl methyl sites for hydroxylation is 1. The van der Waals surface area contributed by atoms with Crippen LogP contribution in [0.2, 0.25) is 0 Å². The molecule has 0 aliphatic rings. The zero-order valence-corrected chi connectivity index (χ0v) is 8.55. The molecule has 0 unspecified atom stereocenters. The highest BCUT2D eigenvalue weighted by Gasteiger charge is 2.08. The summed E-state index contributed by atoms with van der Waals surface area (Å²) in [5.74, 6) is 0. The van der Waals surface area contributed by atoms with Crippen LogP contribution < -0.4 is 0 Å². The lowest BCUT2D eigenvalue weighted by atomic mass is 10.1. The van der Waals surface area contributed by atoms with E-state index in [1.54, 1.807) is 12.4 Å². The molecule has 0 bridgehead atoms. The Morgan fingerprint density at radius 2 is 2.07 bits per heavy atom. The van der Waals surface area contributed by atoms with Crippen molar-refractivity contribution in [1.82, 2.24) is 9.55 Å². The smallest absolute Gasteiger partial charge is 0.167 e. The van der Waals surface area contributed by atoms with E-state index >= 15 is 0 Å². The topological polar surface area (TPSA) is 34.9 Å². The van der Waals surface area contributed by atoms with E-state index in [4.69, 9.17) is 0 Å². The van der Waals surface area contributed by atoms with Gasteiger partial charge in [0.15, 0.2) is 6.29 Å². The van der Waals surface area contributed by atoms with E-state index in [9.17, 15) is 4.79 Å². The predicted molar refractivity (Wildman–Crippen MR) is 58.7 cm³/mol. The number of aromatic nitrogens is 2. The third kappa shape index (κ3) is 1.68. The minimum atomic E-state index is 0.726. The number of carbonyl (C=O) groups is 1. The van der Waals surface area contributed by atoms with Crippen LogP contribution in [0.25, 0.3) is 11.1 Å². The summed E-state index contributed by atoms with van der Waals surface area (Å²) in [6.45, 7) is 2.82. The fraction of sp³-hybridized carbons (Fsp3) is 0.167. The molecular weight excluding hydrogens is 188 g/mol. The first-order valence-electron chi connectivity index (χ1n) is 4.91. The summed E-state index contributed by atoms with van der Waals surface area (Å²) in [7, 11) is 0.